The van der Waals surface area contributed by atoms with Crippen molar-refractivity contribution in [3.05, 3.63) is 0 Å². The summed E-state index contributed by atoms with van der Waals surface area (Å²) in [5, 5.41) is 13.0. The summed E-state index contributed by atoms with van der Waals surface area (Å²) in [5.74, 6) is 0. The van der Waals surface area contributed by atoms with Crippen LogP contribution in [0.2, 0.25) is 0 Å². The van der Waals surface area contributed by atoms with Gasteiger partial charge in [0.2, 0.25) is 0 Å². The van der Waals surface area contributed by atoms with Crippen molar-refractivity contribution < 1.29 is 0 Å². The van der Waals surface area contributed by atoms with Crippen LogP contribution in [0.3, 0.4) is 0 Å². The first-order valence-corrected chi connectivity index (χ1v) is 8.85. The Labute approximate surface area is 130 Å². The summed E-state index contributed by atoms with van der Waals surface area (Å²) in [7, 11) is 0. The summed E-state index contributed by atoms with van der Waals surface area (Å²) in [6.45, 7) is 11.3. The van der Waals surface area contributed by atoms with E-state index in [1.165, 1.54) is 39.0 Å². The standard InChI is InChI=1S/C17H32N4/c1-3-9-19-17(4-2,15-18)8-5-10-20-11-13-21(14-12-20)16-6-7-16/h16,19H,3-14H2,1-2H3. The maximum atomic E-state index is 9.51. The lowest BCUT2D eigenvalue weighted by atomic mass is 9.91. The summed E-state index contributed by atoms with van der Waals surface area (Å²) in [6.07, 6.45) is 6.93. The van der Waals surface area contributed by atoms with Crippen LogP contribution in [0.1, 0.15) is 52.4 Å². The zero-order valence-corrected chi connectivity index (χ0v) is 13.9. The molecule has 0 aromatic rings. The highest BCUT2D eigenvalue weighted by Crippen LogP contribution is 2.27. The quantitative estimate of drug-likeness (QED) is 0.707. The number of hydrogen-bond acceptors (Lipinski definition) is 4. The number of nitrogens with zero attached hydrogens (tertiary/aromatic N) is 3. The summed E-state index contributed by atoms with van der Waals surface area (Å²) in [6, 6.07) is 3.44. The fourth-order valence-corrected chi connectivity index (χ4v) is 3.33. The van der Waals surface area contributed by atoms with Crippen molar-refractivity contribution >= 4 is 0 Å². The Balaban J connectivity index is 1.66. The van der Waals surface area contributed by atoms with Crippen LogP contribution < -0.4 is 5.32 Å². The van der Waals surface area contributed by atoms with Crippen molar-refractivity contribution in [2.45, 2.75) is 64.0 Å². The molecule has 1 unspecified atom stereocenters. The lowest BCUT2D eigenvalue weighted by Gasteiger charge is -2.35. The van der Waals surface area contributed by atoms with Gasteiger partial charge in [-0.2, -0.15) is 5.26 Å². The number of nitriles is 1. The van der Waals surface area contributed by atoms with Gasteiger partial charge in [0.25, 0.3) is 0 Å². The van der Waals surface area contributed by atoms with Crippen LogP contribution in [-0.2, 0) is 0 Å². The molecular formula is C17H32N4. The first-order chi connectivity index (χ1) is 10.2. The first kappa shape index (κ1) is 16.7. The van der Waals surface area contributed by atoms with E-state index < -0.39 is 0 Å². The topological polar surface area (TPSA) is 42.3 Å². The van der Waals surface area contributed by atoms with E-state index in [0.717, 1.165) is 44.8 Å². The Morgan fingerprint density at radius 3 is 2.43 bits per heavy atom. The third-order valence-corrected chi connectivity index (χ3v) is 5.08. The van der Waals surface area contributed by atoms with Crippen molar-refractivity contribution in [2.24, 2.45) is 0 Å². The molecule has 4 nitrogen and oxygen atoms in total. The van der Waals surface area contributed by atoms with Crippen molar-refractivity contribution in [2.75, 3.05) is 39.3 Å². The minimum absolute atomic E-state index is 0.300. The monoisotopic (exact) mass is 292 g/mol. The Hall–Kier alpha value is -0.630. The molecule has 1 saturated carbocycles. The third kappa shape index (κ3) is 4.95. The van der Waals surface area contributed by atoms with Crippen LogP contribution in [0.25, 0.3) is 0 Å². The molecular weight excluding hydrogens is 260 g/mol. The second-order valence-corrected chi connectivity index (χ2v) is 6.69. The molecule has 2 rings (SSSR count). The molecule has 1 heterocycles. The smallest absolute Gasteiger partial charge is 0.106 e. The van der Waals surface area contributed by atoms with Gasteiger partial charge in [-0.15, -0.1) is 0 Å². The second kappa shape index (κ2) is 8.12. The lowest BCUT2D eigenvalue weighted by Crippen LogP contribution is -2.48. The van der Waals surface area contributed by atoms with Crippen molar-refractivity contribution in [3.8, 4) is 6.07 Å². The van der Waals surface area contributed by atoms with Gasteiger partial charge in [0.15, 0.2) is 0 Å². The van der Waals surface area contributed by atoms with E-state index >= 15 is 0 Å². The minimum Gasteiger partial charge on any atom is -0.301 e. The Morgan fingerprint density at radius 2 is 1.90 bits per heavy atom. The fraction of sp³-hybridized carbons (Fsp3) is 0.941. The average Bonchev–Trinajstić information content (AvgIpc) is 3.36. The van der Waals surface area contributed by atoms with E-state index in [9.17, 15) is 5.26 Å². The minimum atomic E-state index is -0.300. The van der Waals surface area contributed by atoms with Crippen LogP contribution in [0.15, 0.2) is 0 Å². The molecule has 0 radical (unpaired) electrons. The largest absolute Gasteiger partial charge is 0.301 e. The number of rotatable bonds is 9. The van der Waals surface area contributed by atoms with E-state index in [-0.39, 0.29) is 5.54 Å². The van der Waals surface area contributed by atoms with Crippen LogP contribution in [0, 0.1) is 11.3 Å². The first-order valence-electron chi connectivity index (χ1n) is 8.85. The Bertz CT molecular complexity index is 339. The molecule has 0 amide bonds. The lowest BCUT2D eigenvalue weighted by molar-refractivity contribution is 0.123. The van der Waals surface area contributed by atoms with Gasteiger partial charge in [-0.3, -0.25) is 10.2 Å². The van der Waals surface area contributed by atoms with Gasteiger partial charge in [0.1, 0.15) is 5.54 Å². The zero-order chi connectivity index (χ0) is 15.1. The van der Waals surface area contributed by atoms with Crippen LogP contribution in [0.4, 0.5) is 0 Å². The highest BCUT2D eigenvalue weighted by atomic mass is 15.3. The molecule has 1 aliphatic carbocycles. The molecule has 0 spiro atoms. The van der Waals surface area contributed by atoms with Gasteiger partial charge < -0.3 is 4.90 Å². The predicted octanol–water partition coefficient (Wildman–Crippen LogP) is 2.22. The normalized spacial score (nSPS) is 23.7. The predicted molar refractivity (Wildman–Crippen MR) is 87.2 cm³/mol. The molecule has 0 aromatic carbocycles. The summed E-state index contributed by atoms with van der Waals surface area (Å²) in [4.78, 5) is 5.24. The zero-order valence-electron chi connectivity index (χ0n) is 13.9. The van der Waals surface area contributed by atoms with Crippen LogP contribution >= 0.6 is 0 Å². The van der Waals surface area contributed by atoms with E-state index in [1.807, 2.05) is 0 Å². The molecule has 1 aliphatic heterocycles. The molecule has 2 fully saturated rings. The molecule has 0 aromatic heterocycles. The van der Waals surface area contributed by atoms with Crippen molar-refractivity contribution in [1.82, 2.24) is 15.1 Å². The third-order valence-electron chi connectivity index (χ3n) is 5.08. The molecule has 1 N–H and O–H groups in total. The second-order valence-electron chi connectivity index (χ2n) is 6.69. The SMILES string of the molecule is CCCNC(C#N)(CC)CCCN1CCN(C2CC2)CC1. The molecule has 120 valence electrons. The highest BCUT2D eigenvalue weighted by Gasteiger charge is 2.31. The fourth-order valence-electron chi connectivity index (χ4n) is 3.33. The highest BCUT2D eigenvalue weighted by molar-refractivity contribution is 5.06. The molecule has 4 heteroatoms. The van der Waals surface area contributed by atoms with Gasteiger partial charge in [-0.1, -0.05) is 13.8 Å². The van der Waals surface area contributed by atoms with Gasteiger partial charge in [-0.25, -0.2) is 0 Å². The summed E-state index contributed by atoms with van der Waals surface area (Å²) in [5.41, 5.74) is -0.300. The van der Waals surface area contributed by atoms with Gasteiger partial charge in [0.05, 0.1) is 6.07 Å². The molecule has 1 atom stereocenters. The Morgan fingerprint density at radius 1 is 1.19 bits per heavy atom. The van der Waals surface area contributed by atoms with Gasteiger partial charge in [0, 0.05) is 32.2 Å². The summed E-state index contributed by atoms with van der Waals surface area (Å²) < 4.78 is 0. The molecule has 1 saturated heterocycles. The average molecular weight is 292 g/mol. The van der Waals surface area contributed by atoms with Crippen molar-refractivity contribution in [3.63, 3.8) is 0 Å². The molecule has 0 bridgehead atoms. The van der Waals surface area contributed by atoms with Crippen LogP contribution in [0.5, 0.6) is 0 Å². The van der Waals surface area contributed by atoms with Crippen molar-refractivity contribution in [1.29, 1.82) is 5.26 Å². The summed E-state index contributed by atoms with van der Waals surface area (Å²) >= 11 is 0. The van der Waals surface area contributed by atoms with Gasteiger partial charge in [-0.05, 0) is 51.6 Å². The number of nitrogens with one attached hydrogen (secondary N) is 1. The Kier molecular flexibility index (Phi) is 6.47. The van der Waals surface area contributed by atoms with Crippen LogP contribution in [-0.4, -0.2) is 60.6 Å². The van der Waals surface area contributed by atoms with E-state index in [0.29, 0.717) is 0 Å². The number of hydrogen-bond donors (Lipinski definition) is 1. The maximum absolute atomic E-state index is 9.51. The van der Waals surface area contributed by atoms with E-state index in [4.69, 9.17) is 0 Å². The number of piperazine rings is 1. The molecule has 21 heavy (non-hydrogen) atoms. The van der Waals surface area contributed by atoms with E-state index in [1.54, 1.807) is 0 Å². The maximum Gasteiger partial charge on any atom is 0.106 e. The molecule has 2 aliphatic rings. The van der Waals surface area contributed by atoms with Gasteiger partial charge >= 0.3 is 0 Å². The van der Waals surface area contributed by atoms with E-state index in [2.05, 4.69) is 35.0 Å².